The van der Waals surface area contributed by atoms with Crippen LogP contribution in [0.15, 0.2) is 35.5 Å². The molecule has 6 nitrogen and oxygen atoms in total. The third-order valence-corrected chi connectivity index (χ3v) is 3.66. The van der Waals surface area contributed by atoms with Crippen molar-refractivity contribution < 1.29 is 23.9 Å². The number of carbonyl (C=O) groups is 4. The number of carbonyl (C=O) groups excluding carboxylic acids is 4. The number of fused-ring (bicyclic) bond motifs is 1. The number of rotatable bonds is 2. The van der Waals surface area contributed by atoms with Gasteiger partial charge in [-0.2, -0.15) is 0 Å². The van der Waals surface area contributed by atoms with Gasteiger partial charge in [0.1, 0.15) is 17.4 Å². The van der Waals surface area contributed by atoms with Crippen LogP contribution in [0, 0.1) is 6.92 Å². The molecule has 0 radical (unpaired) electrons. The summed E-state index contributed by atoms with van der Waals surface area (Å²) in [5.74, 6) is -3.25. The minimum absolute atomic E-state index is 0.0797. The predicted octanol–water partition coefficient (Wildman–Crippen LogP) is 0.788. The van der Waals surface area contributed by atoms with Gasteiger partial charge in [-0.3, -0.25) is 19.3 Å². The summed E-state index contributed by atoms with van der Waals surface area (Å²) in [4.78, 5) is 49.7. The molecule has 2 aliphatic rings. The number of nitrogens with zero attached hydrogens (tertiary/aromatic N) is 1. The average Bonchev–Trinajstić information content (AvgIpc) is 2.72. The predicted molar refractivity (Wildman–Crippen MR) is 74.8 cm³/mol. The Kier molecular flexibility index (Phi) is 3.16. The van der Waals surface area contributed by atoms with Crippen molar-refractivity contribution in [3.05, 3.63) is 46.7 Å². The van der Waals surface area contributed by atoms with Crippen LogP contribution in [0.5, 0.6) is 0 Å². The minimum atomic E-state index is -0.952. The molecule has 0 saturated carbocycles. The van der Waals surface area contributed by atoms with Crippen LogP contribution < -0.4 is 0 Å². The first-order valence-corrected chi connectivity index (χ1v) is 6.83. The Morgan fingerprint density at radius 3 is 2.45 bits per heavy atom. The highest BCUT2D eigenvalue weighted by Crippen LogP contribution is 2.29. The van der Waals surface area contributed by atoms with Gasteiger partial charge in [-0.1, -0.05) is 29.8 Å². The molecule has 1 unspecified atom stereocenters. The fourth-order valence-corrected chi connectivity index (χ4v) is 2.55. The van der Waals surface area contributed by atoms with Gasteiger partial charge in [-0.15, -0.1) is 0 Å². The fraction of sp³-hybridized carbons (Fsp3) is 0.250. The summed E-state index contributed by atoms with van der Waals surface area (Å²) in [5, 5.41) is 0. The third kappa shape index (κ3) is 2.04. The lowest BCUT2D eigenvalue weighted by Crippen LogP contribution is -2.43. The SMILES string of the molecule is Cc1ccc(C(=O)C2=C3C(=O)OC(C)CN3C(=O)C2=O)cc1. The highest BCUT2D eigenvalue weighted by atomic mass is 16.5. The summed E-state index contributed by atoms with van der Waals surface area (Å²) >= 11 is 0. The van der Waals surface area contributed by atoms with Crippen LogP contribution in [0.2, 0.25) is 0 Å². The zero-order chi connectivity index (χ0) is 16.0. The molecule has 2 heterocycles. The van der Waals surface area contributed by atoms with Gasteiger partial charge >= 0.3 is 5.97 Å². The van der Waals surface area contributed by atoms with Gasteiger partial charge in [0.15, 0.2) is 5.78 Å². The van der Waals surface area contributed by atoms with E-state index in [1.165, 1.54) is 0 Å². The molecule has 112 valence electrons. The van der Waals surface area contributed by atoms with E-state index in [4.69, 9.17) is 4.74 Å². The number of benzene rings is 1. The van der Waals surface area contributed by atoms with E-state index in [0.29, 0.717) is 0 Å². The van der Waals surface area contributed by atoms with E-state index in [-0.39, 0.29) is 17.8 Å². The second-order valence-corrected chi connectivity index (χ2v) is 5.38. The monoisotopic (exact) mass is 299 g/mol. The number of Topliss-reactive ketones (excluding diaryl/α,β-unsaturated/α-hetero) is 2. The van der Waals surface area contributed by atoms with E-state index in [2.05, 4.69) is 0 Å². The number of ether oxygens (including phenoxy) is 1. The van der Waals surface area contributed by atoms with Crippen molar-refractivity contribution in [1.82, 2.24) is 4.90 Å². The lowest BCUT2D eigenvalue weighted by atomic mass is 9.99. The van der Waals surface area contributed by atoms with Gasteiger partial charge in [0.05, 0.1) is 6.54 Å². The van der Waals surface area contributed by atoms with Crippen molar-refractivity contribution >= 4 is 23.4 Å². The molecular weight excluding hydrogens is 286 g/mol. The molecule has 0 spiro atoms. The molecule has 1 aromatic carbocycles. The Balaban J connectivity index is 2.09. The summed E-state index contributed by atoms with van der Waals surface area (Å²) in [6, 6.07) is 6.56. The van der Waals surface area contributed by atoms with Gasteiger partial charge in [0.25, 0.3) is 11.7 Å². The highest BCUT2D eigenvalue weighted by Gasteiger charge is 2.48. The molecule has 6 heteroatoms. The fourth-order valence-electron chi connectivity index (χ4n) is 2.55. The number of aryl methyl sites for hydroxylation is 1. The molecule has 0 bridgehead atoms. The van der Waals surface area contributed by atoms with Gasteiger partial charge in [-0.05, 0) is 13.8 Å². The molecule has 1 saturated heterocycles. The molecule has 1 fully saturated rings. The van der Waals surface area contributed by atoms with Crippen LogP contribution in [-0.4, -0.2) is 41.0 Å². The van der Waals surface area contributed by atoms with E-state index >= 15 is 0 Å². The maximum Gasteiger partial charge on any atom is 0.356 e. The van der Waals surface area contributed by atoms with Crippen LogP contribution in [0.4, 0.5) is 0 Å². The number of hydrogen-bond donors (Lipinski definition) is 0. The minimum Gasteiger partial charge on any atom is -0.456 e. The number of morpholine rings is 1. The van der Waals surface area contributed by atoms with Gasteiger partial charge in [0.2, 0.25) is 0 Å². The number of cyclic esters (lactones) is 1. The quantitative estimate of drug-likeness (QED) is 0.349. The average molecular weight is 299 g/mol. The Hall–Kier alpha value is -2.76. The topological polar surface area (TPSA) is 80.8 Å². The lowest BCUT2D eigenvalue weighted by Gasteiger charge is -2.28. The second kappa shape index (κ2) is 4.91. The van der Waals surface area contributed by atoms with Gasteiger partial charge < -0.3 is 4.74 Å². The Labute approximate surface area is 126 Å². The molecular formula is C16H13NO5. The molecule has 0 aromatic heterocycles. The summed E-state index contributed by atoms with van der Waals surface area (Å²) in [7, 11) is 0. The maximum atomic E-state index is 12.5. The number of esters is 1. The van der Waals surface area contributed by atoms with E-state index in [9.17, 15) is 19.2 Å². The van der Waals surface area contributed by atoms with E-state index < -0.39 is 35.1 Å². The lowest BCUT2D eigenvalue weighted by molar-refractivity contribution is -0.155. The van der Waals surface area contributed by atoms with Gasteiger partial charge in [0, 0.05) is 5.56 Å². The first-order chi connectivity index (χ1) is 10.4. The van der Waals surface area contributed by atoms with E-state index in [1.807, 2.05) is 6.92 Å². The molecule has 2 aliphatic heterocycles. The Bertz CT molecular complexity index is 744. The normalized spacial score (nSPS) is 21.1. The molecule has 0 N–H and O–H groups in total. The summed E-state index contributed by atoms with van der Waals surface area (Å²) < 4.78 is 5.04. The summed E-state index contributed by atoms with van der Waals surface area (Å²) in [6.07, 6.45) is -0.512. The standard InChI is InChI=1S/C16H13NO5/c1-8-3-5-10(6-4-8)13(18)11-12-16(21)22-9(2)7-17(12)15(20)14(11)19/h3-6,9H,7H2,1-2H3. The first-order valence-electron chi connectivity index (χ1n) is 6.83. The van der Waals surface area contributed by atoms with Crippen LogP contribution in [-0.2, 0) is 19.1 Å². The largest absolute Gasteiger partial charge is 0.456 e. The van der Waals surface area contributed by atoms with Crippen molar-refractivity contribution in [1.29, 1.82) is 0 Å². The highest BCUT2D eigenvalue weighted by molar-refractivity contribution is 6.54. The van der Waals surface area contributed by atoms with Crippen molar-refractivity contribution in [3.63, 3.8) is 0 Å². The zero-order valence-corrected chi connectivity index (χ0v) is 12.1. The van der Waals surface area contributed by atoms with Crippen molar-refractivity contribution in [3.8, 4) is 0 Å². The summed E-state index contributed by atoms with van der Waals surface area (Å²) in [5.41, 5.74) is 0.572. The summed E-state index contributed by atoms with van der Waals surface area (Å²) in [6.45, 7) is 3.56. The third-order valence-electron chi connectivity index (χ3n) is 3.66. The van der Waals surface area contributed by atoms with E-state index in [1.54, 1.807) is 31.2 Å². The second-order valence-electron chi connectivity index (χ2n) is 5.38. The first kappa shape index (κ1) is 14.2. The molecule has 22 heavy (non-hydrogen) atoms. The van der Waals surface area contributed by atoms with E-state index in [0.717, 1.165) is 10.5 Å². The van der Waals surface area contributed by atoms with Gasteiger partial charge in [-0.25, -0.2) is 4.79 Å². The number of ketones is 2. The Morgan fingerprint density at radius 1 is 1.18 bits per heavy atom. The maximum absolute atomic E-state index is 12.5. The van der Waals surface area contributed by atoms with Crippen LogP contribution in [0.1, 0.15) is 22.8 Å². The molecule has 1 amide bonds. The van der Waals surface area contributed by atoms with Crippen LogP contribution >= 0.6 is 0 Å². The number of amides is 1. The van der Waals surface area contributed by atoms with Crippen LogP contribution in [0.25, 0.3) is 0 Å². The smallest absolute Gasteiger partial charge is 0.356 e. The van der Waals surface area contributed by atoms with Crippen molar-refractivity contribution in [2.45, 2.75) is 20.0 Å². The molecule has 1 atom stereocenters. The van der Waals surface area contributed by atoms with Crippen LogP contribution in [0.3, 0.4) is 0 Å². The number of hydrogen-bond acceptors (Lipinski definition) is 5. The molecule has 3 rings (SSSR count). The van der Waals surface area contributed by atoms with Crippen molar-refractivity contribution in [2.24, 2.45) is 0 Å². The zero-order valence-electron chi connectivity index (χ0n) is 12.1. The molecule has 1 aromatic rings. The molecule has 0 aliphatic carbocycles. The Morgan fingerprint density at radius 2 is 1.82 bits per heavy atom. The van der Waals surface area contributed by atoms with Crippen molar-refractivity contribution in [2.75, 3.05) is 6.54 Å².